The van der Waals surface area contributed by atoms with Gasteiger partial charge in [-0.1, -0.05) is 54.2 Å². The molecule has 1 nitrogen and oxygen atoms in total. The Kier molecular flexibility index (Phi) is 2.37. The van der Waals surface area contributed by atoms with Crippen LogP contribution in [-0.2, 0) is 0 Å². The lowest BCUT2D eigenvalue weighted by Gasteiger charge is -2.21. The molecule has 0 radical (unpaired) electrons. The van der Waals surface area contributed by atoms with E-state index in [4.69, 9.17) is 0 Å². The second-order valence-electron chi connectivity index (χ2n) is 3.96. The fourth-order valence-electron chi connectivity index (χ4n) is 2.08. The highest BCUT2D eigenvalue weighted by atomic mass is 32.2. The molecule has 0 aromatic heterocycles. The van der Waals surface area contributed by atoms with Crippen LogP contribution >= 0.6 is 11.8 Å². The number of rotatable bonds is 1. The van der Waals surface area contributed by atoms with Gasteiger partial charge in [-0.25, -0.2) is 0 Å². The van der Waals surface area contributed by atoms with Crippen LogP contribution in [-0.4, -0.2) is 7.05 Å². The minimum Gasteiger partial charge on any atom is -0.357 e. The van der Waals surface area contributed by atoms with Crippen molar-refractivity contribution in [3.05, 3.63) is 60.2 Å². The van der Waals surface area contributed by atoms with Crippen molar-refractivity contribution in [2.45, 2.75) is 10.3 Å². The van der Waals surface area contributed by atoms with Crippen LogP contribution in [0.1, 0.15) is 10.9 Å². The number of hydrogen-bond donors (Lipinski definition) is 0. The molecule has 0 amide bonds. The van der Waals surface area contributed by atoms with E-state index in [2.05, 4.69) is 66.5 Å². The molecule has 1 aliphatic rings. The Hall–Kier alpha value is -1.41. The molecule has 80 valence electrons. The summed E-state index contributed by atoms with van der Waals surface area (Å²) >= 11 is 1.92. The molecule has 1 aliphatic heterocycles. The van der Waals surface area contributed by atoms with Crippen molar-refractivity contribution < 1.29 is 0 Å². The molecule has 0 N–H and O–H groups in total. The van der Waals surface area contributed by atoms with Crippen molar-refractivity contribution in [3.63, 3.8) is 0 Å². The number of thioether (sulfide) groups is 1. The van der Waals surface area contributed by atoms with E-state index >= 15 is 0 Å². The molecule has 2 aromatic rings. The van der Waals surface area contributed by atoms with Gasteiger partial charge in [0.1, 0.15) is 5.37 Å². The monoisotopic (exact) mass is 227 g/mol. The maximum absolute atomic E-state index is 2.34. The SMILES string of the molecule is CN1c2ccccc2S[C@H]1c1ccccc1. The summed E-state index contributed by atoms with van der Waals surface area (Å²) in [6, 6.07) is 19.2. The predicted molar refractivity (Wildman–Crippen MR) is 69.9 cm³/mol. The molecule has 2 aromatic carbocycles. The predicted octanol–water partition coefficient (Wildman–Crippen LogP) is 3.93. The molecular weight excluding hydrogens is 214 g/mol. The smallest absolute Gasteiger partial charge is 0.105 e. The van der Waals surface area contributed by atoms with Gasteiger partial charge in [-0.05, 0) is 17.7 Å². The number of benzene rings is 2. The minimum atomic E-state index is 0.415. The fourth-order valence-corrected chi connectivity index (χ4v) is 3.38. The minimum absolute atomic E-state index is 0.415. The van der Waals surface area contributed by atoms with Crippen molar-refractivity contribution in [2.24, 2.45) is 0 Å². The first-order valence-electron chi connectivity index (χ1n) is 5.40. The Balaban J connectivity index is 1.99. The van der Waals surface area contributed by atoms with Crippen molar-refractivity contribution in [1.82, 2.24) is 0 Å². The lowest BCUT2D eigenvalue weighted by Crippen LogP contribution is -2.16. The zero-order valence-electron chi connectivity index (χ0n) is 9.13. The third-order valence-electron chi connectivity index (χ3n) is 2.92. The number of hydrogen-bond acceptors (Lipinski definition) is 2. The van der Waals surface area contributed by atoms with Gasteiger partial charge in [0.15, 0.2) is 0 Å². The van der Waals surface area contributed by atoms with Crippen LogP contribution in [0.5, 0.6) is 0 Å². The lowest BCUT2D eigenvalue weighted by molar-refractivity contribution is 0.913. The van der Waals surface area contributed by atoms with Crippen molar-refractivity contribution >= 4 is 17.4 Å². The van der Waals surface area contributed by atoms with Gasteiger partial charge in [-0.2, -0.15) is 0 Å². The quantitative estimate of drug-likeness (QED) is 0.726. The zero-order valence-corrected chi connectivity index (χ0v) is 9.95. The van der Waals surface area contributed by atoms with Gasteiger partial charge >= 0.3 is 0 Å². The Labute approximate surface area is 100 Å². The molecule has 0 bridgehead atoms. The highest BCUT2D eigenvalue weighted by Crippen LogP contribution is 2.49. The van der Waals surface area contributed by atoms with Crippen molar-refractivity contribution in [1.29, 1.82) is 0 Å². The topological polar surface area (TPSA) is 3.24 Å². The molecule has 1 heterocycles. The summed E-state index contributed by atoms with van der Waals surface area (Å²) in [7, 11) is 2.16. The second-order valence-corrected chi connectivity index (χ2v) is 5.08. The summed E-state index contributed by atoms with van der Waals surface area (Å²) in [5, 5.41) is 0.415. The van der Waals surface area contributed by atoms with E-state index in [0.29, 0.717) is 5.37 Å². The van der Waals surface area contributed by atoms with Crippen LogP contribution in [0.25, 0.3) is 0 Å². The van der Waals surface area contributed by atoms with Crippen molar-refractivity contribution in [2.75, 3.05) is 11.9 Å². The van der Waals surface area contributed by atoms with E-state index in [1.54, 1.807) is 0 Å². The molecule has 0 aliphatic carbocycles. The first-order chi connectivity index (χ1) is 7.86. The molecule has 2 heteroatoms. The summed E-state index contributed by atoms with van der Waals surface area (Å²) < 4.78 is 0. The van der Waals surface area contributed by atoms with Crippen LogP contribution < -0.4 is 4.90 Å². The largest absolute Gasteiger partial charge is 0.357 e. The summed E-state index contributed by atoms with van der Waals surface area (Å²) in [4.78, 5) is 3.72. The van der Waals surface area contributed by atoms with Crippen LogP contribution in [0.2, 0.25) is 0 Å². The highest BCUT2D eigenvalue weighted by molar-refractivity contribution is 8.00. The van der Waals surface area contributed by atoms with E-state index in [0.717, 1.165) is 0 Å². The second kappa shape index (κ2) is 3.87. The lowest BCUT2D eigenvalue weighted by atomic mass is 10.2. The fraction of sp³-hybridized carbons (Fsp3) is 0.143. The Morgan fingerprint density at radius 1 is 0.938 bits per heavy atom. The molecule has 1 atom stereocenters. The van der Waals surface area contributed by atoms with Crippen LogP contribution in [0, 0.1) is 0 Å². The standard InChI is InChI=1S/C14H13NS/c1-15-12-9-5-6-10-13(12)16-14(15)11-7-3-2-4-8-11/h2-10,14H,1H3/t14-/m0/s1. The van der Waals surface area contributed by atoms with Gasteiger partial charge in [0, 0.05) is 11.9 Å². The van der Waals surface area contributed by atoms with Gasteiger partial charge in [0.25, 0.3) is 0 Å². The summed E-state index contributed by atoms with van der Waals surface area (Å²) in [5.74, 6) is 0. The maximum atomic E-state index is 2.34. The van der Waals surface area contributed by atoms with Gasteiger partial charge in [-0.15, -0.1) is 0 Å². The number of nitrogens with zero attached hydrogens (tertiary/aromatic N) is 1. The van der Waals surface area contributed by atoms with E-state index < -0.39 is 0 Å². The molecule has 0 unspecified atom stereocenters. The van der Waals surface area contributed by atoms with Gasteiger partial charge in [0.2, 0.25) is 0 Å². The zero-order chi connectivity index (χ0) is 11.0. The van der Waals surface area contributed by atoms with Gasteiger partial charge in [-0.3, -0.25) is 0 Å². The molecule has 0 saturated heterocycles. The highest BCUT2D eigenvalue weighted by Gasteiger charge is 2.27. The number of para-hydroxylation sites is 1. The average molecular weight is 227 g/mol. The first-order valence-corrected chi connectivity index (χ1v) is 6.28. The van der Waals surface area contributed by atoms with Gasteiger partial charge in [0.05, 0.1) is 5.69 Å². The summed E-state index contributed by atoms with van der Waals surface area (Å²) in [5.41, 5.74) is 2.70. The normalized spacial score (nSPS) is 18.6. The van der Waals surface area contributed by atoms with E-state index in [1.165, 1.54) is 16.1 Å². The van der Waals surface area contributed by atoms with Crippen LogP contribution in [0.4, 0.5) is 5.69 Å². The molecular formula is C14H13NS. The third kappa shape index (κ3) is 1.50. The van der Waals surface area contributed by atoms with E-state index in [9.17, 15) is 0 Å². The third-order valence-corrected chi connectivity index (χ3v) is 4.33. The molecule has 0 fully saturated rings. The maximum Gasteiger partial charge on any atom is 0.105 e. The summed E-state index contributed by atoms with van der Waals surface area (Å²) in [6.07, 6.45) is 0. The molecule has 0 spiro atoms. The Morgan fingerprint density at radius 2 is 1.62 bits per heavy atom. The van der Waals surface area contributed by atoms with Crippen LogP contribution in [0.3, 0.4) is 0 Å². The number of fused-ring (bicyclic) bond motifs is 1. The van der Waals surface area contributed by atoms with E-state index in [-0.39, 0.29) is 0 Å². The van der Waals surface area contributed by atoms with Crippen molar-refractivity contribution in [3.8, 4) is 0 Å². The molecule has 3 rings (SSSR count). The Morgan fingerprint density at radius 3 is 2.38 bits per heavy atom. The summed E-state index contributed by atoms with van der Waals surface area (Å²) in [6.45, 7) is 0. The van der Waals surface area contributed by atoms with Crippen LogP contribution in [0.15, 0.2) is 59.5 Å². The average Bonchev–Trinajstić information content (AvgIpc) is 2.69. The van der Waals surface area contributed by atoms with Gasteiger partial charge < -0.3 is 4.90 Å². The number of anilines is 1. The Bertz CT molecular complexity index is 495. The first kappa shape index (κ1) is 9.79. The van der Waals surface area contributed by atoms with E-state index in [1.807, 2.05) is 11.8 Å². The molecule has 0 saturated carbocycles. The molecule has 16 heavy (non-hydrogen) atoms.